The van der Waals surface area contributed by atoms with Gasteiger partial charge in [-0.3, -0.25) is 28.6 Å². The summed E-state index contributed by atoms with van der Waals surface area (Å²) < 4.78 is 15.1. The molecule has 226 valence electrons. The molecule has 2 fully saturated rings. The molecule has 2 bridgehead atoms. The summed E-state index contributed by atoms with van der Waals surface area (Å²) in [5.74, 6) is -2.67. The number of benzene rings is 1. The molecule has 4 aliphatic rings. The molecule has 2 aromatic rings. The van der Waals surface area contributed by atoms with E-state index in [1.807, 2.05) is 7.05 Å². The molecule has 0 spiro atoms. The molecule has 2 saturated carbocycles. The minimum atomic E-state index is -0.739. The third-order valence-electron chi connectivity index (χ3n) is 9.27. The van der Waals surface area contributed by atoms with E-state index in [0.29, 0.717) is 35.7 Å². The van der Waals surface area contributed by atoms with Crippen molar-refractivity contribution in [2.24, 2.45) is 5.92 Å². The van der Waals surface area contributed by atoms with Crippen LogP contribution in [-0.4, -0.2) is 93.4 Å². The van der Waals surface area contributed by atoms with Gasteiger partial charge < -0.3 is 20.2 Å². The normalized spacial score (nSPS) is 22.8. The Morgan fingerprint density at radius 3 is 2.50 bits per heavy atom. The van der Waals surface area contributed by atoms with Crippen LogP contribution in [0, 0.1) is 18.7 Å². The Morgan fingerprint density at radius 1 is 1.14 bits per heavy atom. The highest BCUT2D eigenvalue weighted by Gasteiger charge is 2.52. The molecule has 3 heterocycles. The summed E-state index contributed by atoms with van der Waals surface area (Å²) in [7, 11) is 6.68. The standard InChI is InChI=1S/C30H39FN6O5/c1-17-12-19(8-9-21(17)31)14-32-26(39)23-24(38)27(40)37-16-30(35(4)15-18-6-7-18)11-10-20(25(37)33-23)22(13-30)36(5)29(42)28(41)34(2)3/h8-9,12,18,20,22,38H,6-7,10-11,13-16H2,1-5H3,(H,32,39). The maximum atomic E-state index is 13.7. The van der Waals surface area contributed by atoms with Gasteiger partial charge in [0.25, 0.3) is 11.5 Å². The lowest BCUT2D eigenvalue weighted by Gasteiger charge is -2.49. The number of aromatic nitrogens is 2. The third kappa shape index (κ3) is 5.39. The molecule has 11 nitrogen and oxygen atoms in total. The average molecular weight is 583 g/mol. The lowest BCUT2D eigenvalue weighted by Crippen LogP contribution is -2.58. The molecule has 1 aromatic heterocycles. The zero-order chi connectivity index (χ0) is 30.5. The Bertz CT molecular complexity index is 1490. The van der Waals surface area contributed by atoms with Gasteiger partial charge in [-0.2, -0.15) is 0 Å². The van der Waals surface area contributed by atoms with Crippen molar-refractivity contribution in [2.45, 2.75) is 69.6 Å². The topological polar surface area (TPSA) is 128 Å². The molecule has 6 rings (SSSR count). The number of halogens is 1. The van der Waals surface area contributed by atoms with Crippen molar-refractivity contribution in [1.29, 1.82) is 0 Å². The summed E-state index contributed by atoms with van der Waals surface area (Å²) in [5.41, 5.74) is -0.531. The van der Waals surface area contributed by atoms with E-state index in [0.717, 1.165) is 25.8 Å². The first-order valence-corrected chi connectivity index (χ1v) is 14.4. The van der Waals surface area contributed by atoms with E-state index in [4.69, 9.17) is 0 Å². The minimum Gasteiger partial charge on any atom is -0.501 e. The van der Waals surface area contributed by atoms with Gasteiger partial charge in [0.1, 0.15) is 11.6 Å². The summed E-state index contributed by atoms with van der Waals surface area (Å²) in [6.07, 6.45) is 4.13. The van der Waals surface area contributed by atoms with Crippen molar-refractivity contribution < 1.29 is 23.9 Å². The second-order valence-electron chi connectivity index (χ2n) is 12.4. The van der Waals surface area contributed by atoms with E-state index in [1.54, 1.807) is 26.1 Å². The number of hydrogen-bond donors (Lipinski definition) is 2. The summed E-state index contributed by atoms with van der Waals surface area (Å²) >= 11 is 0. The van der Waals surface area contributed by atoms with Crippen molar-refractivity contribution in [1.82, 2.24) is 29.6 Å². The molecule has 0 saturated heterocycles. The van der Waals surface area contributed by atoms with Gasteiger partial charge in [-0.1, -0.05) is 12.1 Å². The van der Waals surface area contributed by atoms with E-state index in [1.165, 1.54) is 34.5 Å². The number of fused-ring (bicyclic) bond motifs is 2. The molecular weight excluding hydrogens is 543 g/mol. The van der Waals surface area contributed by atoms with E-state index in [2.05, 4.69) is 15.2 Å². The molecule has 2 aliphatic carbocycles. The zero-order valence-corrected chi connectivity index (χ0v) is 24.8. The van der Waals surface area contributed by atoms with Crippen LogP contribution in [0.4, 0.5) is 4.39 Å². The van der Waals surface area contributed by atoms with E-state index in [9.17, 15) is 28.7 Å². The number of amides is 3. The maximum Gasteiger partial charge on any atom is 0.312 e. The smallest absolute Gasteiger partial charge is 0.312 e. The molecule has 12 heteroatoms. The molecule has 42 heavy (non-hydrogen) atoms. The first-order valence-electron chi connectivity index (χ1n) is 14.4. The van der Waals surface area contributed by atoms with Crippen LogP contribution in [0.3, 0.4) is 0 Å². The van der Waals surface area contributed by atoms with Crippen LogP contribution in [0.1, 0.15) is 65.5 Å². The first-order chi connectivity index (χ1) is 19.8. The predicted octanol–water partition coefficient (Wildman–Crippen LogP) is 1.60. The zero-order valence-electron chi connectivity index (χ0n) is 24.8. The number of hydrogen-bond acceptors (Lipinski definition) is 7. The van der Waals surface area contributed by atoms with E-state index in [-0.39, 0.29) is 18.9 Å². The Kier molecular flexibility index (Phi) is 7.86. The first kappa shape index (κ1) is 29.7. The summed E-state index contributed by atoms with van der Waals surface area (Å²) in [6, 6.07) is 4.01. The second-order valence-corrected chi connectivity index (χ2v) is 12.4. The van der Waals surface area contributed by atoms with Crippen molar-refractivity contribution in [3.05, 3.63) is 57.0 Å². The highest BCUT2D eigenvalue weighted by molar-refractivity contribution is 6.34. The Morgan fingerprint density at radius 2 is 1.86 bits per heavy atom. The van der Waals surface area contributed by atoms with Crippen molar-refractivity contribution in [2.75, 3.05) is 34.7 Å². The molecule has 2 aliphatic heterocycles. The predicted molar refractivity (Wildman–Crippen MR) is 152 cm³/mol. The monoisotopic (exact) mass is 582 g/mol. The van der Waals surface area contributed by atoms with Crippen LogP contribution in [0.2, 0.25) is 0 Å². The van der Waals surface area contributed by atoms with Gasteiger partial charge in [-0.25, -0.2) is 9.37 Å². The molecule has 2 N–H and O–H groups in total. The Balaban J connectivity index is 1.52. The van der Waals surface area contributed by atoms with Gasteiger partial charge in [-0.05, 0) is 69.2 Å². The molecular formula is C30H39FN6O5. The van der Waals surface area contributed by atoms with Gasteiger partial charge in [0.2, 0.25) is 5.75 Å². The Labute approximate surface area is 244 Å². The lowest BCUT2D eigenvalue weighted by molar-refractivity contribution is -0.152. The highest BCUT2D eigenvalue weighted by Crippen LogP contribution is 2.47. The fourth-order valence-electron chi connectivity index (χ4n) is 6.48. The van der Waals surface area contributed by atoms with E-state index >= 15 is 0 Å². The largest absolute Gasteiger partial charge is 0.501 e. The van der Waals surface area contributed by atoms with Crippen LogP contribution in [0.5, 0.6) is 5.75 Å². The van der Waals surface area contributed by atoms with Gasteiger partial charge in [0, 0.05) is 58.3 Å². The lowest BCUT2D eigenvalue weighted by atomic mass is 9.73. The molecule has 3 atom stereocenters. The summed E-state index contributed by atoms with van der Waals surface area (Å²) in [4.78, 5) is 62.3. The number of nitrogens with one attached hydrogen (secondary N) is 1. The van der Waals surface area contributed by atoms with Gasteiger partial charge >= 0.3 is 11.8 Å². The van der Waals surface area contributed by atoms with Crippen molar-refractivity contribution >= 4 is 17.7 Å². The number of aryl methyl sites for hydroxylation is 1. The highest BCUT2D eigenvalue weighted by atomic mass is 19.1. The summed E-state index contributed by atoms with van der Waals surface area (Å²) in [5, 5.41) is 13.6. The van der Waals surface area contributed by atoms with E-state index < -0.39 is 52.2 Å². The summed E-state index contributed by atoms with van der Waals surface area (Å²) in [6.45, 7) is 2.76. The van der Waals surface area contributed by atoms with Crippen LogP contribution in [-0.2, 0) is 22.7 Å². The molecule has 1 aromatic carbocycles. The number of nitrogens with zero attached hydrogens (tertiary/aromatic N) is 5. The Hall–Kier alpha value is -3.80. The number of aromatic hydroxyl groups is 1. The van der Waals surface area contributed by atoms with Crippen LogP contribution < -0.4 is 10.9 Å². The average Bonchev–Trinajstić information content (AvgIpc) is 3.81. The van der Waals surface area contributed by atoms with Crippen molar-refractivity contribution in [3.8, 4) is 5.75 Å². The fourth-order valence-corrected chi connectivity index (χ4v) is 6.48. The third-order valence-corrected chi connectivity index (χ3v) is 9.27. The quantitative estimate of drug-likeness (QED) is 0.475. The number of likely N-dealkylation sites (N-methyl/N-ethyl adjacent to an activating group) is 3. The molecule has 3 unspecified atom stereocenters. The second kappa shape index (κ2) is 11.1. The molecule has 0 radical (unpaired) electrons. The van der Waals surface area contributed by atoms with Crippen LogP contribution in [0.25, 0.3) is 0 Å². The van der Waals surface area contributed by atoms with Crippen LogP contribution >= 0.6 is 0 Å². The van der Waals surface area contributed by atoms with Gasteiger partial charge in [0.05, 0.1) is 0 Å². The van der Waals surface area contributed by atoms with Gasteiger partial charge in [0.15, 0.2) is 5.69 Å². The molecule has 3 amide bonds. The number of rotatable bonds is 7. The minimum absolute atomic E-state index is 0.0461. The SMILES string of the molecule is Cc1cc(CNC(=O)c2nc3n(c(=O)c2O)CC2(N(C)CC4CC4)CCC3C(N(C)C(=O)C(=O)N(C)C)C2)ccc1F. The van der Waals surface area contributed by atoms with Gasteiger partial charge in [-0.15, -0.1) is 0 Å². The maximum absolute atomic E-state index is 13.7. The van der Waals surface area contributed by atoms with Crippen LogP contribution in [0.15, 0.2) is 23.0 Å². The fraction of sp³-hybridized carbons (Fsp3) is 0.567. The van der Waals surface area contributed by atoms with Crippen molar-refractivity contribution in [3.63, 3.8) is 0 Å². The number of carbonyl (C=O) groups excluding carboxylic acids is 3. The number of carbonyl (C=O) groups is 3.